The summed E-state index contributed by atoms with van der Waals surface area (Å²) in [4.78, 5) is 15.7. The van der Waals surface area contributed by atoms with Crippen molar-refractivity contribution in [3.8, 4) is 0 Å². The fourth-order valence-electron chi connectivity index (χ4n) is 3.15. The molecule has 21 heavy (non-hydrogen) atoms. The summed E-state index contributed by atoms with van der Waals surface area (Å²) in [7, 11) is 4.04. The SMILES string of the molecule is CC(C)Cc1ccc(CN(C)C[C@H]2CC(=O)N(C)C2)cc1. The fourth-order valence-corrected chi connectivity index (χ4v) is 3.15. The van der Waals surface area contributed by atoms with Gasteiger partial charge in [-0.3, -0.25) is 4.79 Å². The zero-order chi connectivity index (χ0) is 15.4. The quantitative estimate of drug-likeness (QED) is 0.803. The summed E-state index contributed by atoms with van der Waals surface area (Å²) in [5.41, 5.74) is 2.77. The van der Waals surface area contributed by atoms with Gasteiger partial charge in [0.05, 0.1) is 0 Å². The van der Waals surface area contributed by atoms with E-state index in [0.717, 1.165) is 26.1 Å². The summed E-state index contributed by atoms with van der Waals surface area (Å²) in [6.45, 7) is 7.35. The molecule has 0 spiro atoms. The second-order valence-electron chi connectivity index (χ2n) is 6.96. The number of benzene rings is 1. The van der Waals surface area contributed by atoms with Crippen LogP contribution in [0.2, 0.25) is 0 Å². The van der Waals surface area contributed by atoms with Crippen molar-refractivity contribution in [1.82, 2.24) is 9.80 Å². The maximum Gasteiger partial charge on any atom is 0.222 e. The number of carbonyl (C=O) groups excluding carboxylic acids is 1. The molecule has 1 aliphatic heterocycles. The maximum absolute atomic E-state index is 11.6. The molecule has 3 nitrogen and oxygen atoms in total. The van der Waals surface area contributed by atoms with E-state index in [9.17, 15) is 4.79 Å². The molecule has 1 aromatic carbocycles. The molecule has 0 saturated carbocycles. The van der Waals surface area contributed by atoms with E-state index in [4.69, 9.17) is 0 Å². The first-order valence-electron chi connectivity index (χ1n) is 7.94. The molecule has 3 heteroatoms. The number of hydrogen-bond donors (Lipinski definition) is 0. The van der Waals surface area contributed by atoms with Crippen LogP contribution in [-0.4, -0.2) is 42.9 Å². The summed E-state index contributed by atoms with van der Waals surface area (Å²) in [6, 6.07) is 8.96. The molecule has 0 aliphatic carbocycles. The zero-order valence-corrected chi connectivity index (χ0v) is 13.8. The van der Waals surface area contributed by atoms with Gasteiger partial charge in [0.1, 0.15) is 0 Å². The smallest absolute Gasteiger partial charge is 0.222 e. The van der Waals surface area contributed by atoms with E-state index >= 15 is 0 Å². The van der Waals surface area contributed by atoms with Crippen LogP contribution in [0.4, 0.5) is 0 Å². The van der Waals surface area contributed by atoms with Gasteiger partial charge in [0.25, 0.3) is 0 Å². The lowest BCUT2D eigenvalue weighted by molar-refractivity contribution is -0.126. The van der Waals surface area contributed by atoms with E-state index in [1.54, 1.807) is 0 Å². The molecule has 0 aromatic heterocycles. The summed E-state index contributed by atoms with van der Waals surface area (Å²) in [5.74, 6) is 1.47. The first-order valence-corrected chi connectivity index (χ1v) is 7.94. The van der Waals surface area contributed by atoms with Gasteiger partial charge in [-0.05, 0) is 36.4 Å². The number of rotatable bonds is 6. The first-order chi connectivity index (χ1) is 9.94. The van der Waals surface area contributed by atoms with Crippen LogP contribution in [0.1, 0.15) is 31.4 Å². The molecule has 1 fully saturated rings. The number of likely N-dealkylation sites (tertiary alicyclic amines) is 1. The molecular weight excluding hydrogens is 260 g/mol. The molecule has 116 valence electrons. The van der Waals surface area contributed by atoms with E-state index in [2.05, 4.69) is 50.1 Å². The minimum atomic E-state index is 0.284. The van der Waals surface area contributed by atoms with Crippen molar-refractivity contribution in [2.75, 3.05) is 27.2 Å². The van der Waals surface area contributed by atoms with Crippen LogP contribution in [0.25, 0.3) is 0 Å². The molecule has 0 bridgehead atoms. The lowest BCUT2D eigenvalue weighted by Crippen LogP contribution is -2.27. The Morgan fingerprint density at radius 1 is 1.24 bits per heavy atom. The maximum atomic E-state index is 11.6. The Labute approximate surface area is 128 Å². The molecule has 2 rings (SSSR count). The Morgan fingerprint density at radius 2 is 1.86 bits per heavy atom. The third-order valence-corrected chi connectivity index (χ3v) is 4.11. The Balaban J connectivity index is 1.82. The van der Waals surface area contributed by atoms with Crippen LogP contribution >= 0.6 is 0 Å². The summed E-state index contributed by atoms with van der Waals surface area (Å²) >= 11 is 0. The topological polar surface area (TPSA) is 23.6 Å². The van der Waals surface area contributed by atoms with Crippen molar-refractivity contribution >= 4 is 5.91 Å². The van der Waals surface area contributed by atoms with Gasteiger partial charge in [-0.2, -0.15) is 0 Å². The second kappa shape index (κ2) is 7.08. The summed E-state index contributed by atoms with van der Waals surface area (Å²) < 4.78 is 0. The summed E-state index contributed by atoms with van der Waals surface area (Å²) in [6.07, 6.45) is 1.85. The minimum absolute atomic E-state index is 0.284. The van der Waals surface area contributed by atoms with Gasteiger partial charge < -0.3 is 9.80 Å². The average Bonchev–Trinajstić information content (AvgIpc) is 2.70. The van der Waals surface area contributed by atoms with Crippen molar-refractivity contribution in [3.63, 3.8) is 0 Å². The minimum Gasteiger partial charge on any atom is -0.345 e. The van der Waals surface area contributed by atoms with Gasteiger partial charge in [0.15, 0.2) is 0 Å². The van der Waals surface area contributed by atoms with Crippen molar-refractivity contribution in [3.05, 3.63) is 35.4 Å². The Kier molecular flexibility index (Phi) is 5.40. The normalized spacial score (nSPS) is 19.0. The van der Waals surface area contributed by atoms with Crippen molar-refractivity contribution in [2.24, 2.45) is 11.8 Å². The van der Waals surface area contributed by atoms with Gasteiger partial charge in [-0.15, -0.1) is 0 Å². The lowest BCUT2D eigenvalue weighted by Gasteiger charge is -2.20. The molecule has 0 N–H and O–H groups in total. The average molecular weight is 288 g/mol. The predicted molar refractivity (Wildman–Crippen MR) is 87.1 cm³/mol. The van der Waals surface area contributed by atoms with Crippen molar-refractivity contribution in [2.45, 2.75) is 33.2 Å². The highest BCUT2D eigenvalue weighted by Crippen LogP contribution is 2.18. The van der Waals surface area contributed by atoms with Crippen LogP contribution < -0.4 is 0 Å². The van der Waals surface area contributed by atoms with Gasteiger partial charge in [0, 0.05) is 33.1 Å². The van der Waals surface area contributed by atoms with Gasteiger partial charge in [-0.25, -0.2) is 0 Å². The van der Waals surface area contributed by atoms with Crippen LogP contribution in [0.5, 0.6) is 0 Å². The monoisotopic (exact) mass is 288 g/mol. The Hall–Kier alpha value is -1.35. The van der Waals surface area contributed by atoms with E-state index in [0.29, 0.717) is 18.3 Å². The lowest BCUT2D eigenvalue weighted by atomic mass is 10.0. The Bertz CT molecular complexity index is 467. The number of carbonyl (C=O) groups is 1. The Morgan fingerprint density at radius 3 is 2.38 bits per heavy atom. The third kappa shape index (κ3) is 4.85. The molecule has 1 aromatic rings. The van der Waals surface area contributed by atoms with Crippen molar-refractivity contribution in [1.29, 1.82) is 0 Å². The molecule has 0 radical (unpaired) electrons. The van der Waals surface area contributed by atoms with Crippen LogP contribution in [0, 0.1) is 11.8 Å². The largest absolute Gasteiger partial charge is 0.345 e. The number of amides is 1. The molecule has 1 aliphatic rings. The second-order valence-corrected chi connectivity index (χ2v) is 6.96. The molecular formula is C18H28N2O. The van der Waals surface area contributed by atoms with E-state index in [1.165, 1.54) is 11.1 Å². The first kappa shape index (κ1) is 16.0. The number of hydrogen-bond acceptors (Lipinski definition) is 2. The standard InChI is InChI=1S/C18H28N2O/c1-14(2)9-15-5-7-16(8-6-15)11-19(3)12-17-10-18(21)20(4)13-17/h5-8,14,17H,9-13H2,1-4H3/t17-/m1/s1. The van der Waals surface area contributed by atoms with E-state index < -0.39 is 0 Å². The van der Waals surface area contributed by atoms with Crippen LogP contribution in [-0.2, 0) is 17.8 Å². The molecule has 1 saturated heterocycles. The summed E-state index contributed by atoms with van der Waals surface area (Å²) in [5, 5.41) is 0. The van der Waals surface area contributed by atoms with Gasteiger partial charge in [-0.1, -0.05) is 38.1 Å². The van der Waals surface area contributed by atoms with Crippen LogP contribution in [0.3, 0.4) is 0 Å². The molecule has 1 atom stereocenters. The van der Waals surface area contributed by atoms with E-state index in [-0.39, 0.29) is 5.91 Å². The zero-order valence-electron chi connectivity index (χ0n) is 13.8. The molecule has 1 heterocycles. The predicted octanol–water partition coefficient (Wildman–Crippen LogP) is 2.80. The third-order valence-electron chi connectivity index (χ3n) is 4.11. The van der Waals surface area contributed by atoms with Gasteiger partial charge >= 0.3 is 0 Å². The van der Waals surface area contributed by atoms with Crippen molar-refractivity contribution < 1.29 is 4.79 Å². The highest BCUT2D eigenvalue weighted by atomic mass is 16.2. The van der Waals surface area contributed by atoms with Crippen LogP contribution in [0.15, 0.2) is 24.3 Å². The highest BCUT2D eigenvalue weighted by molar-refractivity contribution is 5.78. The molecule has 0 unspecified atom stereocenters. The fraction of sp³-hybridized carbons (Fsp3) is 0.611. The highest BCUT2D eigenvalue weighted by Gasteiger charge is 2.27. The molecule has 1 amide bonds. The van der Waals surface area contributed by atoms with Gasteiger partial charge in [0.2, 0.25) is 5.91 Å². The van der Waals surface area contributed by atoms with E-state index in [1.807, 2.05) is 11.9 Å². The number of nitrogens with zero attached hydrogens (tertiary/aromatic N) is 2.